The van der Waals surface area contributed by atoms with E-state index in [0.29, 0.717) is 12.8 Å². The smallest absolute Gasteiger partial charge is 0.408 e. The largest absolute Gasteiger partial charge is 0.446 e. The van der Waals surface area contributed by atoms with Crippen LogP contribution in [0.1, 0.15) is 121 Å². The Morgan fingerprint density at radius 3 is 2.27 bits per heavy atom. The zero-order valence-corrected chi connectivity index (χ0v) is 31.5. The highest BCUT2D eigenvalue weighted by atomic mass is 16.7. The molecule has 2 aliphatic heterocycles. The molecule has 0 bridgehead atoms. The van der Waals surface area contributed by atoms with E-state index in [0.717, 1.165) is 62.6 Å². The number of carbonyl (C=O) groups excluding carboxylic acids is 5. The standard InChI is InChI=1S/C39H57N5O7/c1-8-12-28-23(3)17-26(18-24(28)4)30-20-39(51-43-30)21-31(34(46)41-29(19-25-15-16-25)32(45)35(47)40-9-2)44(22-39)36(48)33(38(5,6)7)42-37(49)50-27-13-10-11-14-27/h17-18,25,27,29,31,33H,8-16,19-22H2,1-7H3,(H,40,47)(H,41,46)(H,42,49)/t29-,31-,33+,39+/m0/s1. The minimum Gasteiger partial charge on any atom is -0.446 e. The summed E-state index contributed by atoms with van der Waals surface area (Å²) in [7, 11) is 0. The number of alkyl carbamates (subject to hydrolysis) is 1. The molecule has 1 aromatic rings. The third-order valence-corrected chi connectivity index (χ3v) is 10.8. The minimum absolute atomic E-state index is 0.0479. The molecule has 280 valence electrons. The van der Waals surface area contributed by atoms with Gasteiger partial charge in [0.2, 0.25) is 17.6 Å². The summed E-state index contributed by atoms with van der Waals surface area (Å²) in [6, 6.07) is 1.16. The van der Waals surface area contributed by atoms with Crippen molar-refractivity contribution in [3.63, 3.8) is 0 Å². The molecule has 12 nitrogen and oxygen atoms in total. The summed E-state index contributed by atoms with van der Waals surface area (Å²) in [6.07, 6.45) is 7.42. The van der Waals surface area contributed by atoms with E-state index in [1.54, 1.807) is 6.92 Å². The summed E-state index contributed by atoms with van der Waals surface area (Å²) in [5.74, 6) is -2.20. The number of oxime groups is 1. The molecule has 2 aliphatic carbocycles. The number of amides is 4. The predicted molar refractivity (Wildman–Crippen MR) is 193 cm³/mol. The Morgan fingerprint density at radius 2 is 1.69 bits per heavy atom. The van der Waals surface area contributed by atoms with Crippen LogP contribution in [0.4, 0.5) is 4.79 Å². The number of likely N-dealkylation sites (N-methyl/N-ethyl adjacent to an activating group) is 1. The number of Topliss-reactive ketones (excluding diaryl/α,β-unsaturated/α-hetero) is 1. The summed E-state index contributed by atoms with van der Waals surface area (Å²) in [5, 5.41) is 12.7. The molecule has 4 amide bonds. The van der Waals surface area contributed by atoms with Gasteiger partial charge in [0.15, 0.2) is 5.60 Å². The second-order valence-electron chi connectivity index (χ2n) is 16.2. The molecule has 51 heavy (non-hydrogen) atoms. The van der Waals surface area contributed by atoms with Crippen LogP contribution in [-0.4, -0.2) is 83.1 Å². The van der Waals surface area contributed by atoms with E-state index in [1.165, 1.54) is 21.6 Å². The molecule has 1 spiro atoms. The Balaban J connectivity index is 1.42. The maximum absolute atomic E-state index is 14.6. The van der Waals surface area contributed by atoms with Crippen molar-refractivity contribution in [3.05, 3.63) is 34.4 Å². The number of likely N-dealkylation sites (tertiary alicyclic amines) is 1. The molecule has 3 fully saturated rings. The minimum atomic E-state index is -1.04. The van der Waals surface area contributed by atoms with Crippen LogP contribution in [0.15, 0.2) is 17.3 Å². The lowest BCUT2D eigenvalue weighted by Crippen LogP contribution is -2.59. The van der Waals surface area contributed by atoms with Crippen molar-refractivity contribution < 1.29 is 33.5 Å². The number of benzene rings is 1. The van der Waals surface area contributed by atoms with Crippen molar-refractivity contribution in [2.24, 2.45) is 16.5 Å². The SMILES string of the molecule is CCCc1c(C)cc(C2=NO[C@]3(C2)C[C@@H](C(=O)N[C@@H](CC2CC2)C(=O)C(=O)NCC)N(C(=O)[C@@H](NC(=O)OC2CCCC2)C(C)(C)C)C3)cc1C. The van der Waals surface area contributed by atoms with E-state index in [2.05, 4.69) is 54.0 Å². The fraction of sp³-hybridized carbons (Fsp3) is 0.692. The first-order valence-electron chi connectivity index (χ1n) is 18.9. The van der Waals surface area contributed by atoms with Crippen molar-refractivity contribution in [1.82, 2.24) is 20.9 Å². The van der Waals surface area contributed by atoms with Crippen molar-refractivity contribution >= 4 is 35.3 Å². The van der Waals surface area contributed by atoms with E-state index in [-0.39, 0.29) is 31.5 Å². The van der Waals surface area contributed by atoms with E-state index in [4.69, 9.17) is 9.57 Å². The molecule has 1 aromatic carbocycles. The highest BCUT2D eigenvalue weighted by Gasteiger charge is 2.56. The van der Waals surface area contributed by atoms with Gasteiger partial charge in [0, 0.05) is 19.4 Å². The summed E-state index contributed by atoms with van der Waals surface area (Å²) >= 11 is 0. The zero-order chi connectivity index (χ0) is 37.1. The lowest BCUT2D eigenvalue weighted by Gasteiger charge is -2.35. The number of aryl methyl sites for hydroxylation is 2. The molecule has 1 saturated heterocycles. The molecule has 4 atom stereocenters. The zero-order valence-electron chi connectivity index (χ0n) is 31.5. The first kappa shape index (κ1) is 38.3. The number of rotatable bonds is 13. The van der Waals surface area contributed by atoms with Crippen LogP contribution in [0.3, 0.4) is 0 Å². The summed E-state index contributed by atoms with van der Waals surface area (Å²) in [5.41, 5.74) is 3.61. The summed E-state index contributed by atoms with van der Waals surface area (Å²) in [6.45, 7) is 14.0. The van der Waals surface area contributed by atoms with E-state index in [9.17, 15) is 24.0 Å². The highest BCUT2D eigenvalue weighted by Crippen LogP contribution is 2.41. The van der Waals surface area contributed by atoms with Gasteiger partial charge in [-0.25, -0.2) is 4.79 Å². The Kier molecular flexibility index (Phi) is 11.8. The molecule has 0 radical (unpaired) electrons. The second-order valence-corrected chi connectivity index (χ2v) is 16.2. The van der Waals surface area contributed by atoms with Gasteiger partial charge >= 0.3 is 6.09 Å². The monoisotopic (exact) mass is 707 g/mol. The number of ketones is 1. The van der Waals surface area contributed by atoms with Crippen LogP contribution in [0.2, 0.25) is 0 Å². The normalized spacial score (nSPS) is 23.0. The van der Waals surface area contributed by atoms with Crippen LogP contribution in [0, 0.1) is 25.2 Å². The maximum Gasteiger partial charge on any atom is 0.408 e. The number of nitrogens with zero attached hydrogens (tertiary/aromatic N) is 2. The molecule has 3 N–H and O–H groups in total. The van der Waals surface area contributed by atoms with Crippen molar-refractivity contribution in [1.29, 1.82) is 0 Å². The van der Waals surface area contributed by atoms with Gasteiger partial charge in [-0.1, -0.05) is 52.1 Å². The summed E-state index contributed by atoms with van der Waals surface area (Å²) < 4.78 is 5.67. The number of nitrogens with one attached hydrogen (secondary N) is 3. The van der Waals surface area contributed by atoms with E-state index in [1.807, 2.05) is 20.8 Å². The van der Waals surface area contributed by atoms with Crippen LogP contribution in [-0.2, 0) is 35.2 Å². The number of carbonyl (C=O) groups is 5. The summed E-state index contributed by atoms with van der Waals surface area (Å²) in [4.78, 5) is 75.5. The lowest BCUT2D eigenvalue weighted by atomic mass is 9.85. The van der Waals surface area contributed by atoms with Crippen LogP contribution >= 0.6 is 0 Å². The van der Waals surface area contributed by atoms with Gasteiger partial charge in [-0.05, 0) is 105 Å². The third-order valence-electron chi connectivity index (χ3n) is 10.8. The third kappa shape index (κ3) is 9.10. The Morgan fingerprint density at radius 1 is 1.02 bits per heavy atom. The Labute approximate surface area is 302 Å². The van der Waals surface area contributed by atoms with Gasteiger partial charge in [-0.3, -0.25) is 19.2 Å². The molecule has 5 rings (SSSR count). The Bertz CT molecular complexity index is 1520. The molecule has 2 saturated carbocycles. The molecule has 0 aromatic heterocycles. The number of ether oxygens (including phenoxy) is 1. The molecular formula is C39H57N5O7. The van der Waals surface area contributed by atoms with Crippen molar-refractivity contribution in [2.75, 3.05) is 13.1 Å². The number of hydrogen-bond donors (Lipinski definition) is 3. The van der Waals surface area contributed by atoms with Gasteiger partial charge < -0.3 is 30.4 Å². The topological polar surface area (TPSA) is 155 Å². The van der Waals surface area contributed by atoms with Gasteiger partial charge in [0.05, 0.1) is 18.3 Å². The molecule has 0 unspecified atom stereocenters. The van der Waals surface area contributed by atoms with Gasteiger partial charge in [-0.2, -0.15) is 0 Å². The van der Waals surface area contributed by atoms with Crippen LogP contribution in [0.5, 0.6) is 0 Å². The van der Waals surface area contributed by atoms with Crippen LogP contribution in [0.25, 0.3) is 0 Å². The van der Waals surface area contributed by atoms with Crippen LogP contribution < -0.4 is 16.0 Å². The predicted octanol–water partition coefficient (Wildman–Crippen LogP) is 4.79. The fourth-order valence-electron chi connectivity index (χ4n) is 7.80. The maximum atomic E-state index is 14.6. The highest BCUT2D eigenvalue weighted by molar-refractivity contribution is 6.38. The molecule has 4 aliphatic rings. The van der Waals surface area contributed by atoms with E-state index < -0.39 is 58.7 Å². The first-order valence-corrected chi connectivity index (χ1v) is 18.9. The molecular weight excluding hydrogens is 650 g/mol. The quantitative estimate of drug-likeness (QED) is 0.249. The fourth-order valence-corrected chi connectivity index (χ4v) is 7.80. The average molecular weight is 708 g/mol. The van der Waals surface area contributed by atoms with Gasteiger partial charge in [0.1, 0.15) is 18.2 Å². The number of hydrogen-bond acceptors (Lipinski definition) is 8. The lowest BCUT2D eigenvalue weighted by molar-refractivity contribution is -0.144. The van der Waals surface area contributed by atoms with Crippen molar-refractivity contribution in [2.45, 2.75) is 149 Å². The average Bonchev–Trinajstić information content (AvgIpc) is 3.41. The van der Waals surface area contributed by atoms with E-state index >= 15 is 0 Å². The first-order chi connectivity index (χ1) is 24.1. The molecule has 2 heterocycles. The molecule has 12 heteroatoms. The van der Waals surface area contributed by atoms with Gasteiger partial charge in [-0.15, -0.1) is 0 Å². The second kappa shape index (κ2) is 15.7. The van der Waals surface area contributed by atoms with Crippen molar-refractivity contribution in [3.8, 4) is 0 Å². The van der Waals surface area contributed by atoms with Gasteiger partial charge in [0.25, 0.3) is 5.91 Å². The Hall–Kier alpha value is -3.96.